The first-order chi connectivity index (χ1) is 9.63. The Kier molecular flexibility index (Phi) is 4.93. The maximum atomic E-state index is 12.2. The molecule has 0 N–H and O–H groups in total. The van der Waals surface area contributed by atoms with E-state index in [4.69, 9.17) is 16.3 Å². The number of ether oxygens (including phenoxy) is 1. The normalized spacial score (nSPS) is 11.9. The minimum atomic E-state index is -1.47. The number of Topliss-reactive ketones (excluding diaryl/α,β-unsaturated/α-hetero) is 1. The molecule has 0 aliphatic heterocycles. The first-order valence-corrected chi connectivity index (χ1v) is 7.62. The molecule has 0 saturated carbocycles. The molecule has 2 aromatic carbocycles. The van der Waals surface area contributed by atoms with Gasteiger partial charge in [0.2, 0.25) is 0 Å². The zero-order valence-corrected chi connectivity index (χ0v) is 12.4. The van der Waals surface area contributed by atoms with E-state index in [1.54, 1.807) is 48.5 Å². The molecule has 0 aromatic heterocycles. The third-order valence-electron chi connectivity index (χ3n) is 2.75. The lowest BCUT2D eigenvalue weighted by molar-refractivity contribution is 0.101. The van der Waals surface area contributed by atoms with Crippen LogP contribution in [0.4, 0.5) is 0 Å². The number of methoxy groups -OCH3 is 1. The van der Waals surface area contributed by atoms with E-state index in [2.05, 4.69) is 0 Å². The Morgan fingerprint density at radius 2 is 1.80 bits per heavy atom. The molecular formula is C15H13ClO3S. The van der Waals surface area contributed by atoms with Gasteiger partial charge >= 0.3 is 0 Å². The van der Waals surface area contributed by atoms with Crippen LogP contribution in [0.15, 0.2) is 53.4 Å². The Morgan fingerprint density at radius 1 is 1.15 bits per heavy atom. The van der Waals surface area contributed by atoms with Gasteiger partial charge in [0.05, 0.1) is 39.1 Å². The first kappa shape index (κ1) is 14.8. The van der Waals surface area contributed by atoms with E-state index in [9.17, 15) is 9.00 Å². The summed E-state index contributed by atoms with van der Waals surface area (Å²) in [7, 11) is 0.0243. The van der Waals surface area contributed by atoms with Crippen LogP contribution >= 0.6 is 11.6 Å². The van der Waals surface area contributed by atoms with Crippen molar-refractivity contribution in [3.8, 4) is 5.75 Å². The summed E-state index contributed by atoms with van der Waals surface area (Å²) in [6, 6.07) is 13.7. The van der Waals surface area contributed by atoms with E-state index < -0.39 is 10.8 Å². The average molecular weight is 309 g/mol. The Labute approximate surface area is 125 Å². The summed E-state index contributed by atoms with van der Waals surface area (Å²) >= 11 is 5.98. The second-order valence-electron chi connectivity index (χ2n) is 4.04. The molecule has 1 unspecified atom stereocenters. The lowest BCUT2D eigenvalue weighted by Gasteiger charge is -2.07. The minimum absolute atomic E-state index is 0.121. The van der Waals surface area contributed by atoms with Crippen LogP contribution in [0.5, 0.6) is 5.75 Å². The van der Waals surface area contributed by atoms with Gasteiger partial charge in [0.1, 0.15) is 5.75 Å². The van der Waals surface area contributed by atoms with Crippen LogP contribution in [0, 0.1) is 0 Å². The molecule has 0 saturated heterocycles. The molecule has 0 aliphatic rings. The van der Waals surface area contributed by atoms with E-state index in [0.717, 1.165) is 0 Å². The molecule has 104 valence electrons. The Balaban J connectivity index is 2.20. The van der Waals surface area contributed by atoms with Crippen LogP contribution in [-0.4, -0.2) is 22.9 Å². The summed E-state index contributed by atoms with van der Waals surface area (Å²) in [5.74, 6) is 0.124. The van der Waals surface area contributed by atoms with Crippen LogP contribution in [-0.2, 0) is 10.8 Å². The summed E-state index contributed by atoms with van der Waals surface area (Å²) in [6.07, 6.45) is 0. The SMILES string of the molecule is COc1ccccc1C(=O)CS(=O)c1ccccc1Cl. The van der Waals surface area contributed by atoms with Gasteiger partial charge in [-0.1, -0.05) is 35.9 Å². The number of rotatable bonds is 5. The molecule has 20 heavy (non-hydrogen) atoms. The van der Waals surface area contributed by atoms with Crippen LogP contribution in [0.2, 0.25) is 5.02 Å². The number of hydrogen-bond acceptors (Lipinski definition) is 3. The average Bonchev–Trinajstić information content (AvgIpc) is 2.47. The van der Waals surface area contributed by atoms with Crippen molar-refractivity contribution < 1.29 is 13.7 Å². The topological polar surface area (TPSA) is 43.4 Å². The monoisotopic (exact) mass is 308 g/mol. The molecule has 0 fully saturated rings. The van der Waals surface area contributed by atoms with Crippen molar-refractivity contribution in [2.75, 3.05) is 12.9 Å². The summed E-state index contributed by atoms with van der Waals surface area (Å²) in [6.45, 7) is 0. The maximum Gasteiger partial charge on any atom is 0.179 e. The van der Waals surface area contributed by atoms with Crippen molar-refractivity contribution in [3.05, 3.63) is 59.1 Å². The molecule has 0 heterocycles. The van der Waals surface area contributed by atoms with Gasteiger partial charge in [0, 0.05) is 0 Å². The molecule has 5 heteroatoms. The van der Waals surface area contributed by atoms with Crippen LogP contribution in [0.1, 0.15) is 10.4 Å². The van der Waals surface area contributed by atoms with E-state index in [1.807, 2.05) is 0 Å². The number of hydrogen-bond donors (Lipinski definition) is 0. The van der Waals surface area contributed by atoms with Crippen LogP contribution < -0.4 is 4.74 Å². The number of halogens is 1. The van der Waals surface area contributed by atoms with E-state index in [0.29, 0.717) is 21.2 Å². The zero-order valence-electron chi connectivity index (χ0n) is 10.8. The fourth-order valence-electron chi connectivity index (χ4n) is 1.78. The predicted molar refractivity (Wildman–Crippen MR) is 80.1 cm³/mol. The van der Waals surface area contributed by atoms with Gasteiger partial charge in [-0.25, -0.2) is 0 Å². The van der Waals surface area contributed by atoms with Crippen LogP contribution in [0.3, 0.4) is 0 Å². The highest BCUT2D eigenvalue weighted by Gasteiger charge is 2.17. The number of ketones is 1. The van der Waals surface area contributed by atoms with Crippen molar-refractivity contribution in [2.24, 2.45) is 0 Å². The first-order valence-electron chi connectivity index (χ1n) is 5.92. The Hall–Kier alpha value is -1.65. The van der Waals surface area contributed by atoms with Crippen molar-refractivity contribution in [2.45, 2.75) is 4.90 Å². The second kappa shape index (κ2) is 6.68. The van der Waals surface area contributed by atoms with Gasteiger partial charge in [-0.05, 0) is 24.3 Å². The molecule has 2 aromatic rings. The van der Waals surface area contributed by atoms with Crippen molar-refractivity contribution in [1.82, 2.24) is 0 Å². The van der Waals surface area contributed by atoms with Crippen molar-refractivity contribution in [3.63, 3.8) is 0 Å². The van der Waals surface area contributed by atoms with Gasteiger partial charge in [-0.3, -0.25) is 9.00 Å². The zero-order chi connectivity index (χ0) is 14.5. The molecule has 3 nitrogen and oxygen atoms in total. The number of carbonyl (C=O) groups is 1. The fourth-order valence-corrected chi connectivity index (χ4v) is 3.24. The Morgan fingerprint density at radius 3 is 2.50 bits per heavy atom. The third kappa shape index (κ3) is 3.26. The molecule has 0 radical (unpaired) electrons. The lowest BCUT2D eigenvalue weighted by atomic mass is 10.1. The van der Waals surface area contributed by atoms with Gasteiger partial charge < -0.3 is 4.74 Å². The maximum absolute atomic E-state index is 12.2. The number of para-hydroxylation sites is 1. The molecule has 0 amide bonds. The fraction of sp³-hybridized carbons (Fsp3) is 0.133. The molecule has 0 bridgehead atoms. The smallest absolute Gasteiger partial charge is 0.179 e. The second-order valence-corrected chi connectivity index (χ2v) is 5.87. The summed E-state index contributed by atoms with van der Waals surface area (Å²) in [5.41, 5.74) is 0.426. The highest BCUT2D eigenvalue weighted by molar-refractivity contribution is 7.86. The molecule has 0 aliphatic carbocycles. The molecular weight excluding hydrogens is 296 g/mol. The summed E-state index contributed by atoms with van der Waals surface area (Å²) in [4.78, 5) is 12.7. The summed E-state index contributed by atoms with van der Waals surface area (Å²) < 4.78 is 17.3. The van der Waals surface area contributed by atoms with E-state index >= 15 is 0 Å². The van der Waals surface area contributed by atoms with E-state index in [1.165, 1.54) is 7.11 Å². The third-order valence-corrected chi connectivity index (χ3v) is 4.56. The highest BCUT2D eigenvalue weighted by Crippen LogP contribution is 2.22. The molecule has 1 atom stereocenters. The standard InChI is InChI=1S/C15H13ClO3S/c1-19-14-8-4-2-6-11(14)13(17)10-20(18)15-9-5-3-7-12(15)16/h2-9H,10H2,1H3. The largest absolute Gasteiger partial charge is 0.496 e. The van der Waals surface area contributed by atoms with Crippen molar-refractivity contribution in [1.29, 1.82) is 0 Å². The van der Waals surface area contributed by atoms with Crippen molar-refractivity contribution >= 4 is 28.2 Å². The quantitative estimate of drug-likeness (QED) is 0.796. The number of benzene rings is 2. The minimum Gasteiger partial charge on any atom is -0.496 e. The van der Waals surface area contributed by atoms with Crippen LogP contribution in [0.25, 0.3) is 0 Å². The lowest BCUT2D eigenvalue weighted by Crippen LogP contribution is -2.12. The molecule has 2 rings (SSSR count). The molecule has 0 spiro atoms. The Bertz CT molecular complexity index is 655. The highest BCUT2D eigenvalue weighted by atomic mass is 35.5. The number of carbonyl (C=O) groups excluding carboxylic acids is 1. The van der Waals surface area contributed by atoms with Gasteiger partial charge in [-0.2, -0.15) is 0 Å². The summed E-state index contributed by atoms with van der Waals surface area (Å²) in [5, 5.41) is 0.402. The van der Waals surface area contributed by atoms with Gasteiger partial charge in [0.25, 0.3) is 0 Å². The van der Waals surface area contributed by atoms with Gasteiger partial charge in [0.15, 0.2) is 5.78 Å². The predicted octanol–water partition coefficient (Wildman–Crippen LogP) is 3.34. The van der Waals surface area contributed by atoms with Gasteiger partial charge in [-0.15, -0.1) is 0 Å². The van der Waals surface area contributed by atoms with E-state index in [-0.39, 0.29) is 11.5 Å².